The molecule has 0 aliphatic rings. The van der Waals surface area contributed by atoms with Crippen LogP contribution in [0.25, 0.3) is 6.08 Å². The second kappa shape index (κ2) is 5.43. The molecule has 0 saturated carbocycles. The van der Waals surface area contributed by atoms with Crippen molar-refractivity contribution in [3.63, 3.8) is 0 Å². The van der Waals surface area contributed by atoms with E-state index in [0.29, 0.717) is 0 Å². The summed E-state index contributed by atoms with van der Waals surface area (Å²) in [6.45, 7) is 8.06. The van der Waals surface area contributed by atoms with Crippen LogP contribution in [0, 0.1) is 6.92 Å². The van der Waals surface area contributed by atoms with Gasteiger partial charge < -0.3 is 0 Å². The average molecular weight is 186 g/mol. The highest BCUT2D eigenvalue weighted by molar-refractivity contribution is 5.57. The summed E-state index contributed by atoms with van der Waals surface area (Å²) in [5.74, 6) is 0. The molecule has 1 rings (SSSR count). The minimum Gasteiger partial charge on any atom is -0.103 e. The number of allylic oxidation sites excluding steroid dienone is 2. The van der Waals surface area contributed by atoms with Crippen LogP contribution in [0.3, 0.4) is 0 Å². The summed E-state index contributed by atoms with van der Waals surface area (Å²) in [6, 6.07) is 6.48. The highest BCUT2D eigenvalue weighted by Gasteiger charge is 1.98. The first kappa shape index (κ1) is 10.8. The van der Waals surface area contributed by atoms with Gasteiger partial charge in [-0.15, -0.1) is 6.58 Å². The minimum atomic E-state index is 0.942. The second-order valence-electron chi connectivity index (χ2n) is 3.43. The molecule has 0 heteroatoms. The fraction of sp³-hybridized carbons (Fsp3) is 0.286. The number of hydrogen-bond acceptors (Lipinski definition) is 0. The van der Waals surface area contributed by atoms with Gasteiger partial charge in [0.25, 0.3) is 0 Å². The zero-order valence-corrected chi connectivity index (χ0v) is 9.09. The smallest absolute Gasteiger partial charge is 0.0169 e. The van der Waals surface area contributed by atoms with Crippen LogP contribution in [0.5, 0.6) is 0 Å². The van der Waals surface area contributed by atoms with Crippen LogP contribution in [-0.4, -0.2) is 0 Å². The Bertz CT molecular complexity index is 332. The molecule has 0 N–H and O–H groups in total. The third-order valence-corrected chi connectivity index (χ3v) is 2.38. The van der Waals surface area contributed by atoms with Crippen molar-refractivity contribution in [3.8, 4) is 0 Å². The maximum atomic E-state index is 3.71. The Hall–Kier alpha value is -1.30. The third kappa shape index (κ3) is 2.59. The first-order valence-electron chi connectivity index (χ1n) is 5.15. The van der Waals surface area contributed by atoms with Gasteiger partial charge in [0, 0.05) is 0 Å². The van der Waals surface area contributed by atoms with Crippen LogP contribution < -0.4 is 0 Å². The topological polar surface area (TPSA) is 0 Å². The van der Waals surface area contributed by atoms with Crippen molar-refractivity contribution in [2.24, 2.45) is 0 Å². The number of aryl methyl sites for hydroxylation is 2. The Balaban J connectivity index is 2.98. The molecule has 0 heterocycles. The molecule has 0 nitrogen and oxygen atoms in total. The van der Waals surface area contributed by atoms with Gasteiger partial charge in [0.15, 0.2) is 0 Å². The molecule has 1 aromatic rings. The summed E-state index contributed by atoms with van der Waals surface area (Å²) < 4.78 is 0. The van der Waals surface area contributed by atoms with Crippen molar-refractivity contribution in [2.45, 2.75) is 26.7 Å². The van der Waals surface area contributed by atoms with Crippen molar-refractivity contribution in [1.82, 2.24) is 0 Å². The van der Waals surface area contributed by atoms with Crippen molar-refractivity contribution >= 4 is 6.08 Å². The highest BCUT2D eigenvalue weighted by atomic mass is 14.0. The summed E-state index contributed by atoms with van der Waals surface area (Å²) in [4.78, 5) is 0. The Morgan fingerprint density at radius 1 is 1.36 bits per heavy atom. The lowest BCUT2D eigenvalue weighted by Crippen LogP contribution is -1.89. The predicted molar refractivity (Wildman–Crippen MR) is 64.4 cm³/mol. The molecule has 0 aliphatic heterocycles. The molecule has 0 atom stereocenters. The Kier molecular flexibility index (Phi) is 4.18. The van der Waals surface area contributed by atoms with Crippen LogP contribution in [0.4, 0.5) is 0 Å². The van der Waals surface area contributed by atoms with Gasteiger partial charge in [0.1, 0.15) is 0 Å². The van der Waals surface area contributed by atoms with E-state index in [1.54, 1.807) is 0 Å². The Labute approximate surface area is 87.0 Å². The van der Waals surface area contributed by atoms with Gasteiger partial charge in [0.2, 0.25) is 0 Å². The fourth-order valence-corrected chi connectivity index (χ4v) is 1.57. The monoisotopic (exact) mass is 186 g/mol. The van der Waals surface area contributed by atoms with Gasteiger partial charge in [-0.25, -0.2) is 0 Å². The lowest BCUT2D eigenvalue weighted by Gasteiger charge is -2.06. The van der Waals surface area contributed by atoms with E-state index in [1.165, 1.54) is 16.7 Å². The van der Waals surface area contributed by atoms with E-state index in [-0.39, 0.29) is 0 Å². The van der Waals surface area contributed by atoms with Crippen molar-refractivity contribution in [3.05, 3.63) is 53.6 Å². The Morgan fingerprint density at radius 3 is 2.79 bits per heavy atom. The lowest BCUT2D eigenvalue weighted by molar-refractivity contribution is 1.12. The third-order valence-electron chi connectivity index (χ3n) is 2.38. The minimum absolute atomic E-state index is 0.942. The largest absolute Gasteiger partial charge is 0.103 e. The van der Waals surface area contributed by atoms with Gasteiger partial charge in [-0.05, 0) is 36.5 Å². The van der Waals surface area contributed by atoms with E-state index in [1.807, 2.05) is 6.08 Å². The molecule has 0 unspecified atom stereocenters. The molecule has 0 radical (unpaired) electrons. The summed E-state index contributed by atoms with van der Waals surface area (Å²) in [6.07, 6.45) is 8.32. The molecular weight excluding hydrogens is 168 g/mol. The maximum Gasteiger partial charge on any atom is -0.0169 e. The summed E-state index contributed by atoms with van der Waals surface area (Å²) in [5.41, 5.74) is 4.15. The van der Waals surface area contributed by atoms with Crippen LogP contribution in [0.2, 0.25) is 0 Å². The quantitative estimate of drug-likeness (QED) is 0.620. The van der Waals surface area contributed by atoms with Crippen LogP contribution in [-0.2, 0) is 6.42 Å². The van der Waals surface area contributed by atoms with Crippen molar-refractivity contribution in [2.75, 3.05) is 0 Å². The van der Waals surface area contributed by atoms with Gasteiger partial charge in [-0.1, -0.05) is 43.4 Å². The molecule has 0 bridgehead atoms. The first-order valence-corrected chi connectivity index (χ1v) is 5.15. The molecule has 0 aromatic heterocycles. The standard InChI is InChI=1S/C14H18/c1-4-6-7-11-14-12(3)9-8-10-13(14)5-2/h4,7-11H,1,5-6H2,2-3H3/b11-7-. The van der Waals surface area contributed by atoms with E-state index in [2.05, 4.69) is 50.8 Å². The zero-order chi connectivity index (χ0) is 10.4. The number of rotatable bonds is 4. The molecular formula is C14H18. The summed E-state index contributed by atoms with van der Waals surface area (Å²) in [5, 5.41) is 0. The van der Waals surface area contributed by atoms with Crippen LogP contribution in [0.1, 0.15) is 30.0 Å². The molecule has 0 saturated heterocycles. The number of hydrogen-bond donors (Lipinski definition) is 0. The molecule has 74 valence electrons. The van der Waals surface area contributed by atoms with Crippen LogP contribution in [0.15, 0.2) is 36.9 Å². The summed E-state index contributed by atoms with van der Waals surface area (Å²) >= 11 is 0. The van der Waals surface area contributed by atoms with E-state index in [4.69, 9.17) is 0 Å². The van der Waals surface area contributed by atoms with Gasteiger partial charge in [0.05, 0.1) is 0 Å². The molecule has 0 spiro atoms. The molecule has 0 aliphatic carbocycles. The first-order chi connectivity index (χ1) is 6.79. The fourth-order valence-electron chi connectivity index (χ4n) is 1.57. The lowest BCUT2D eigenvalue weighted by atomic mass is 9.99. The van der Waals surface area contributed by atoms with E-state index in [9.17, 15) is 0 Å². The normalized spacial score (nSPS) is 10.7. The second-order valence-corrected chi connectivity index (χ2v) is 3.43. The molecule has 0 amide bonds. The van der Waals surface area contributed by atoms with Crippen LogP contribution >= 0.6 is 0 Å². The molecule has 14 heavy (non-hydrogen) atoms. The number of benzene rings is 1. The predicted octanol–water partition coefficient (Wildman–Crippen LogP) is 4.15. The summed E-state index contributed by atoms with van der Waals surface area (Å²) in [7, 11) is 0. The van der Waals surface area contributed by atoms with Crippen molar-refractivity contribution < 1.29 is 0 Å². The van der Waals surface area contributed by atoms with Gasteiger partial charge in [-0.3, -0.25) is 0 Å². The Morgan fingerprint density at radius 2 is 2.14 bits per heavy atom. The maximum absolute atomic E-state index is 3.71. The van der Waals surface area contributed by atoms with Gasteiger partial charge in [-0.2, -0.15) is 0 Å². The van der Waals surface area contributed by atoms with Gasteiger partial charge >= 0.3 is 0 Å². The molecule has 1 aromatic carbocycles. The zero-order valence-electron chi connectivity index (χ0n) is 9.09. The van der Waals surface area contributed by atoms with Crippen molar-refractivity contribution in [1.29, 1.82) is 0 Å². The van der Waals surface area contributed by atoms with E-state index < -0.39 is 0 Å². The molecule has 0 fully saturated rings. The SMILES string of the molecule is C=CC/C=C\c1c(C)cccc1CC. The average Bonchev–Trinajstić information content (AvgIpc) is 2.20. The van der Waals surface area contributed by atoms with E-state index >= 15 is 0 Å². The van der Waals surface area contributed by atoms with E-state index in [0.717, 1.165) is 12.8 Å². The highest BCUT2D eigenvalue weighted by Crippen LogP contribution is 2.16.